The number of hydrogen-bond donors (Lipinski definition) is 2. The van der Waals surface area contributed by atoms with Crippen molar-refractivity contribution in [2.24, 2.45) is 5.41 Å². The van der Waals surface area contributed by atoms with Gasteiger partial charge in [-0.05, 0) is 6.26 Å². The molecule has 1 aliphatic heterocycles. The normalized spacial score (nSPS) is 18.5. The number of rotatable bonds is 2. The van der Waals surface area contributed by atoms with Gasteiger partial charge < -0.3 is 10.4 Å². The predicted molar refractivity (Wildman–Crippen MR) is 53.0 cm³/mol. The van der Waals surface area contributed by atoms with E-state index in [1.54, 1.807) is 0 Å². The van der Waals surface area contributed by atoms with Crippen LogP contribution in [0.4, 0.5) is 13.2 Å². The van der Waals surface area contributed by atoms with Gasteiger partial charge in [-0.2, -0.15) is 24.9 Å². The Morgan fingerprint density at radius 2 is 1.93 bits per heavy atom. The number of aliphatic carboxylic acids is 1. The van der Waals surface area contributed by atoms with Crippen LogP contribution in [0.2, 0.25) is 0 Å². The summed E-state index contributed by atoms with van der Waals surface area (Å²) in [4.78, 5) is 8.90. The predicted octanol–water partition coefficient (Wildman–Crippen LogP) is 1.59. The molecule has 1 aliphatic rings. The summed E-state index contributed by atoms with van der Waals surface area (Å²) in [6.45, 7) is 4.77. The first-order valence-corrected chi connectivity index (χ1v) is 5.60. The van der Waals surface area contributed by atoms with Crippen LogP contribution in [0.15, 0.2) is 0 Å². The van der Waals surface area contributed by atoms with Gasteiger partial charge in [0.25, 0.3) is 0 Å². The van der Waals surface area contributed by atoms with E-state index < -0.39 is 12.1 Å². The lowest BCUT2D eigenvalue weighted by Crippen LogP contribution is -2.52. The molecule has 90 valence electrons. The zero-order valence-electron chi connectivity index (χ0n) is 8.52. The van der Waals surface area contributed by atoms with Crippen LogP contribution in [-0.4, -0.2) is 42.4 Å². The quantitative estimate of drug-likeness (QED) is 0.775. The van der Waals surface area contributed by atoms with Gasteiger partial charge in [0.1, 0.15) is 0 Å². The third-order valence-corrected chi connectivity index (χ3v) is 2.82. The van der Waals surface area contributed by atoms with Gasteiger partial charge in [-0.3, -0.25) is 0 Å². The largest absolute Gasteiger partial charge is 0.490 e. The van der Waals surface area contributed by atoms with Gasteiger partial charge in [0.05, 0.1) is 0 Å². The van der Waals surface area contributed by atoms with Gasteiger partial charge in [0, 0.05) is 24.3 Å². The standard InChI is InChI=1S/C6H13NS.C2HF3O2/c1-6(5-8-2)3-7-4-6;3-2(4,5)1(6)7/h7H,3-5H2,1-2H3;(H,6,7). The topological polar surface area (TPSA) is 49.3 Å². The van der Waals surface area contributed by atoms with E-state index in [4.69, 9.17) is 9.90 Å². The smallest absolute Gasteiger partial charge is 0.475 e. The van der Waals surface area contributed by atoms with E-state index in [1.165, 1.54) is 18.8 Å². The van der Waals surface area contributed by atoms with Crippen LogP contribution in [0, 0.1) is 5.41 Å². The average Bonchev–Trinajstić information content (AvgIpc) is 2.01. The van der Waals surface area contributed by atoms with Crippen LogP contribution in [0.5, 0.6) is 0 Å². The van der Waals surface area contributed by atoms with Gasteiger partial charge in [0.15, 0.2) is 0 Å². The molecule has 0 aromatic rings. The van der Waals surface area contributed by atoms with Gasteiger partial charge in [-0.15, -0.1) is 0 Å². The SMILES string of the molecule is CSCC1(C)CNC1.O=C(O)C(F)(F)F. The minimum absolute atomic E-state index is 0.624. The summed E-state index contributed by atoms with van der Waals surface area (Å²) in [5, 5.41) is 10.4. The van der Waals surface area contributed by atoms with Crippen LogP contribution >= 0.6 is 11.8 Å². The summed E-state index contributed by atoms with van der Waals surface area (Å²) < 4.78 is 31.7. The molecule has 0 radical (unpaired) electrons. The zero-order valence-corrected chi connectivity index (χ0v) is 9.34. The number of nitrogens with one attached hydrogen (secondary N) is 1. The fraction of sp³-hybridized carbons (Fsp3) is 0.875. The lowest BCUT2D eigenvalue weighted by Gasteiger charge is -2.38. The Kier molecular flexibility index (Phi) is 5.44. The van der Waals surface area contributed by atoms with Crippen LogP contribution in [0.1, 0.15) is 6.92 Å². The summed E-state index contributed by atoms with van der Waals surface area (Å²) >= 11 is 1.94. The molecule has 1 rings (SSSR count). The van der Waals surface area contributed by atoms with Crippen LogP contribution < -0.4 is 5.32 Å². The molecule has 15 heavy (non-hydrogen) atoms. The van der Waals surface area contributed by atoms with Crippen molar-refractivity contribution in [2.45, 2.75) is 13.1 Å². The molecule has 0 amide bonds. The van der Waals surface area contributed by atoms with Gasteiger partial charge in [-0.25, -0.2) is 4.79 Å². The number of carboxylic acid groups (broad SMARTS) is 1. The Morgan fingerprint density at radius 3 is 2.00 bits per heavy atom. The zero-order chi connectivity index (χ0) is 12.1. The second-order valence-corrected chi connectivity index (χ2v) is 4.52. The molecular weight excluding hydrogens is 231 g/mol. The highest BCUT2D eigenvalue weighted by Crippen LogP contribution is 2.24. The van der Waals surface area contributed by atoms with E-state index >= 15 is 0 Å². The Balaban J connectivity index is 0.000000265. The van der Waals surface area contributed by atoms with E-state index in [1.807, 2.05) is 11.8 Å². The Morgan fingerprint density at radius 1 is 1.53 bits per heavy atom. The molecule has 0 saturated carbocycles. The molecule has 0 unspecified atom stereocenters. The third-order valence-electron chi connectivity index (χ3n) is 1.84. The molecule has 0 spiro atoms. The lowest BCUT2D eigenvalue weighted by atomic mass is 9.87. The fourth-order valence-electron chi connectivity index (χ4n) is 1.00. The average molecular weight is 245 g/mol. The first kappa shape index (κ1) is 14.6. The van der Waals surface area contributed by atoms with Crippen molar-refractivity contribution in [1.82, 2.24) is 5.32 Å². The van der Waals surface area contributed by atoms with Crippen LogP contribution in [0.3, 0.4) is 0 Å². The van der Waals surface area contributed by atoms with Crippen molar-refractivity contribution < 1.29 is 23.1 Å². The minimum atomic E-state index is -5.08. The van der Waals surface area contributed by atoms with Crippen molar-refractivity contribution in [3.05, 3.63) is 0 Å². The van der Waals surface area contributed by atoms with Gasteiger partial charge in [-0.1, -0.05) is 6.92 Å². The molecule has 2 N–H and O–H groups in total. The molecule has 1 fully saturated rings. The highest BCUT2D eigenvalue weighted by molar-refractivity contribution is 7.98. The number of alkyl halides is 3. The summed E-state index contributed by atoms with van der Waals surface area (Å²) in [5.41, 5.74) is 0.624. The molecule has 0 aromatic carbocycles. The van der Waals surface area contributed by atoms with Crippen molar-refractivity contribution in [3.8, 4) is 0 Å². The number of halogens is 3. The lowest BCUT2D eigenvalue weighted by molar-refractivity contribution is -0.192. The number of carbonyl (C=O) groups is 1. The maximum Gasteiger partial charge on any atom is 0.490 e. The minimum Gasteiger partial charge on any atom is -0.475 e. The molecule has 1 saturated heterocycles. The van der Waals surface area contributed by atoms with Crippen molar-refractivity contribution in [3.63, 3.8) is 0 Å². The highest BCUT2D eigenvalue weighted by Gasteiger charge is 2.38. The summed E-state index contributed by atoms with van der Waals surface area (Å²) in [7, 11) is 0. The maximum absolute atomic E-state index is 10.6. The van der Waals surface area contributed by atoms with Gasteiger partial charge >= 0.3 is 12.1 Å². The van der Waals surface area contributed by atoms with E-state index in [2.05, 4.69) is 18.5 Å². The molecule has 0 bridgehead atoms. The monoisotopic (exact) mass is 245 g/mol. The van der Waals surface area contributed by atoms with Gasteiger partial charge in [0.2, 0.25) is 0 Å². The fourth-order valence-corrected chi connectivity index (χ4v) is 1.90. The van der Waals surface area contributed by atoms with Crippen LogP contribution in [-0.2, 0) is 4.79 Å². The van der Waals surface area contributed by atoms with E-state index in [9.17, 15) is 13.2 Å². The summed E-state index contributed by atoms with van der Waals surface area (Å²) in [6, 6.07) is 0. The first-order chi connectivity index (χ1) is 6.71. The summed E-state index contributed by atoms with van der Waals surface area (Å²) in [5.74, 6) is -1.45. The molecule has 1 heterocycles. The molecule has 0 atom stereocenters. The third kappa shape index (κ3) is 5.88. The number of hydrogen-bond acceptors (Lipinski definition) is 3. The number of thioether (sulfide) groups is 1. The van der Waals surface area contributed by atoms with Crippen molar-refractivity contribution in [2.75, 3.05) is 25.1 Å². The highest BCUT2D eigenvalue weighted by atomic mass is 32.2. The second kappa shape index (κ2) is 5.60. The maximum atomic E-state index is 10.6. The Hall–Kier alpha value is -0.430. The first-order valence-electron chi connectivity index (χ1n) is 4.21. The summed E-state index contributed by atoms with van der Waals surface area (Å²) in [6.07, 6.45) is -2.91. The molecular formula is C8H14F3NO2S. The van der Waals surface area contributed by atoms with E-state index in [0.29, 0.717) is 5.41 Å². The second-order valence-electron chi connectivity index (χ2n) is 3.65. The van der Waals surface area contributed by atoms with Crippen molar-refractivity contribution >= 4 is 17.7 Å². The molecule has 0 aliphatic carbocycles. The molecule has 3 nitrogen and oxygen atoms in total. The van der Waals surface area contributed by atoms with Crippen molar-refractivity contribution in [1.29, 1.82) is 0 Å². The number of carboxylic acids is 1. The van der Waals surface area contributed by atoms with E-state index in [0.717, 1.165) is 0 Å². The Labute approximate surface area is 90.4 Å². The molecule has 0 aromatic heterocycles. The Bertz CT molecular complexity index is 216. The molecule has 7 heteroatoms. The van der Waals surface area contributed by atoms with E-state index in [-0.39, 0.29) is 0 Å². The van der Waals surface area contributed by atoms with Crippen LogP contribution in [0.25, 0.3) is 0 Å².